The van der Waals surface area contributed by atoms with Gasteiger partial charge in [-0.05, 0) is 19.4 Å². The zero-order valence-corrected chi connectivity index (χ0v) is 13.3. The topological polar surface area (TPSA) is 38.7 Å². The molecule has 1 N–H and O–H groups in total. The monoisotopic (exact) mass is 374 g/mol. The summed E-state index contributed by atoms with van der Waals surface area (Å²) in [6.45, 7) is 4.95. The first-order valence-electron chi connectivity index (χ1n) is 6.62. The summed E-state index contributed by atoms with van der Waals surface area (Å²) in [7, 11) is 0. The number of hydrogen-bond acceptors (Lipinski definition) is 3. The van der Waals surface area contributed by atoms with E-state index in [-0.39, 0.29) is 33.8 Å². The highest BCUT2D eigenvalue weighted by molar-refractivity contribution is 14.1. The molecular formula is C15H19IO3. The third-order valence-corrected chi connectivity index (χ3v) is 6.07. The SMILES string of the molecule is CC1(C)O[C@@H]([C@@H](I)c2ccccc2)C12CO[C@H]2CO. The van der Waals surface area contributed by atoms with Gasteiger partial charge in [-0.15, -0.1) is 0 Å². The van der Waals surface area contributed by atoms with E-state index in [1.807, 2.05) is 6.07 Å². The molecule has 1 aromatic rings. The Morgan fingerprint density at radius 3 is 2.53 bits per heavy atom. The number of rotatable bonds is 3. The molecule has 2 heterocycles. The number of aliphatic hydroxyl groups excluding tert-OH is 1. The van der Waals surface area contributed by atoms with Crippen molar-refractivity contribution in [3.63, 3.8) is 0 Å². The Hall–Kier alpha value is -0.170. The van der Waals surface area contributed by atoms with Gasteiger partial charge >= 0.3 is 0 Å². The lowest BCUT2D eigenvalue weighted by Crippen LogP contribution is -2.79. The summed E-state index contributed by atoms with van der Waals surface area (Å²) in [5.74, 6) is 0. The van der Waals surface area contributed by atoms with E-state index in [2.05, 4.69) is 60.7 Å². The normalized spacial score (nSPS) is 37.5. The predicted octanol–water partition coefficient (Wildman–Crippen LogP) is 2.72. The van der Waals surface area contributed by atoms with Crippen LogP contribution in [0.5, 0.6) is 0 Å². The largest absolute Gasteiger partial charge is 0.394 e. The second-order valence-electron chi connectivity index (χ2n) is 5.88. The van der Waals surface area contributed by atoms with Crippen molar-refractivity contribution in [1.82, 2.24) is 0 Å². The van der Waals surface area contributed by atoms with Gasteiger partial charge in [0.1, 0.15) is 0 Å². The molecule has 0 amide bonds. The average molecular weight is 374 g/mol. The van der Waals surface area contributed by atoms with Crippen molar-refractivity contribution >= 4 is 22.6 Å². The fourth-order valence-corrected chi connectivity index (χ4v) is 4.58. The maximum Gasteiger partial charge on any atom is 0.0937 e. The maximum absolute atomic E-state index is 9.51. The highest BCUT2D eigenvalue weighted by Gasteiger charge is 2.72. The molecule has 1 aromatic carbocycles. The molecule has 0 radical (unpaired) electrons. The van der Waals surface area contributed by atoms with Crippen LogP contribution in [0.25, 0.3) is 0 Å². The van der Waals surface area contributed by atoms with E-state index in [0.717, 1.165) is 0 Å². The first-order chi connectivity index (χ1) is 9.03. The van der Waals surface area contributed by atoms with Crippen LogP contribution in [-0.4, -0.2) is 36.1 Å². The molecule has 3 rings (SSSR count). The summed E-state index contributed by atoms with van der Waals surface area (Å²) < 4.78 is 12.0. The molecule has 19 heavy (non-hydrogen) atoms. The van der Waals surface area contributed by atoms with Crippen molar-refractivity contribution in [2.24, 2.45) is 5.41 Å². The van der Waals surface area contributed by atoms with Gasteiger partial charge < -0.3 is 14.6 Å². The lowest BCUT2D eigenvalue weighted by atomic mass is 9.57. The molecule has 0 saturated carbocycles. The number of alkyl halides is 1. The van der Waals surface area contributed by atoms with Crippen LogP contribution in [0.4, 0.5) is 0 Å². The molecule has 4 atom stereocenters. The molecule has 0 bridgehead atoms. The summed E-state index contributed by atoms with van der Waals surface area (Å²) in [4.78, 5) is 0. The Kier molecular flexibility index (Phi) is 3.40. The quantitative estimate of drug-likeness (QED) is 0.653. The van der Waals surface area contributed by atoms with Crippen molar-refractivity contribution in [1.29, 1.82) is 0 Å². The van der Waals surface area contributed by atoms with E-state index < -0.39 is 0 Å². The Morgan fingerprint density at radius 2 is 2.05 bits per heavy atom. The van der Waals surface area contributed by atoms with E-state index in [1.165, 1.54) is 5.56 Å². The summed E-state index contributed by atoms with van der Waals surface area (Å²) in [5.41, 5.74) is 0.997. The number of benzene rings is 1. The average Bonchev–Trinajstić information content (AvgIpc) is 2.36. The fourth-order valence-electron chi connectivity index (χ4n) is 3.37. The number of hydrogen-bond donors (Lipinski definition) is 1. The van der Waals surface area contributed by atoms with Gasteiger partial charge in [0.05, 0.1) is 40.4 Å². The Morgan fingerprint density at radius 1 is 1.37 bits per heavy atom. The molecule has 2 saturated heterocycles. The van der Waals surface area contributed by atoms with Crippen molar-refractivity contribution < 1.29 is 14.6 Å². The first-order valence-corrected chi connectivity index (χ1v) is 7.87. The minimum Gasteiger partial charge on any atom is -0.394 e. The molecular weight excluding hydrogens is 355 g/mol. The van der Waals surface area contributed by atoms with Crippen LogP contribution in [0.1, 0.15) is 23.3 Å². The van der Waals surface area contributed by atoms with Crippen LogP contribution < -0.4 is 0 Å². The smallest absolute Gasteiger partial charge is 0.0937 e. The van der Waals surface area contributed by atoms with E-state index in [9.17, 15) is 5.11 Å². The number of ether oxygens (including phenoxy) is 2. The van der Waals surface area contributed by atoms with Crippen LogP contribution in [-0.2, 0) is 9.47 Å². The molecule has 1 spiro atoms. The van der Waals surface area contributed by atoms with Gasteiger partial charge in [0.2, 0.25) is 0 Å². The van der Waals surface area contributed by atoms with E-state index in [4.69, 9.17) is 9.47 Å². The molecule has 2 aliphatic rings. The van der Waals surface area contributed by atoms with Crippen molar-refractivity contribution in [2.75, 3.05) is 13.2 Å². The molecule has 0 aromatic heterocycles. The molecule has 3 nitrogen and oxygen atoms in total. The van der Waals surface area contributed by atoms with Crippen molar-refractivity contribution in [3.8, 4) is 0 Å². The first kappa shape index (κ1) is 13.8. The van der Waals surface area contributed by atoms with Crippen LogP contribution in [0.2, 0.25) is 0 Å². The van der Waals surface area contributed by atoms with Gasteiger partial charge in [-0.1, -0.05) is 52.9 Å². The van der Waals surface area contributed by atoms with E-state index in [1.54, 1.807) is 0 Å². The summed E-state index contributed by atoms with van der Waals surface area (Å²) in [5, 5.41) is 9.51. The van der Waals surface area contributed by atoms with Crippen molar-refractivity contribution in [2.45, 2.75) is 35.6 Å². The number of halogens is 1. The van der Waals surface area contributed by atoms with Crippen LogP contribution in [0.3, 0.4) is 0 Å². The molecule has 2 fully saturated rings. The van der Waals surface area contributed by atoms with Crippen LogP contribution >= 0.6 is 22.6 Å². The van der Waals surface area contributed by atoms with Crippen molar-refractivity contribution in [3.05, 3.63) is 35.9 Å². The molecule has 0 aliphatic carbocycles. The summed E-state index contributed by atoms with van der Waals surface area (Å²) in [6, 6.07) is 10.4. The fraction of sp³-hybridized carbons (Fsp3) is 0.600. The van der Waals surface area contributed by atoms with Gasteiger partial charge in [0.15, 0.2) is 0 Å². The third-order valence-electron chi connectivity index (χ3n) is 4.70. The highest BCUT2D eigenvalue weighted by atomic mass is 127. The Balaban J connectivity index is 1.87. The molecule has 4 heteroatoms. The molecule has 104 valence electrons. The van der Waals surface area contributed by atoms with Gasteiger partial charge in [0.25, 0.3) is 0 Å². The molecule has 1 unspecified atom stereocenters. The lowest BCUT2D eigenvalue weighted by molar-refractivity contribution is -0.409. The number of aliphatic hydroxyl groups is 1. The van der Waals surface area contributed by atoms with Crippen LogP contribution in [0, 0.1) is 5.41 Å². The highest BCUT2D eigenvalue weighted by Crippen LogP contribution is 2.62. The molecule has 2 aliphatic heterocycles. The zero-order valence-electron chi connectivity index (χ0n) is 11.2. The lowest BCUT2D eigenvalue weighted by Gasteiger charge is -2.69. The maximum atomic E-state index is 9.51. The second kappa shape index (κ2) is 4.69. The Labute approximate surface area is 127 Å². The second-order valence-corrected chi connectivity index (χ2v) is 7.23. The van der Waals surface area contributed by atoms with E-state index >= 15 is 0 Å². The minimum atomic E-state index is -0.221. The minimum absolute atomic E-state index is 0.0521. The van der Waals surface area contributed by atoms with Gasteiger partial charge in [-0.2, -0.15) is 0 Å². The summed E-state index contributed by atoms with van der Waals surface area (Å²) in [6.07, 6.45) is 0.0126. The van der Waals surface area contributed by atoms with Gasteiger partial charge in [-0.25, -0.2) is 0 Å². The Bertz CT molecular complexity index is 460. The summed E-state index contributed by atoms with van der Waals surface area (Å²) >= 11 is 2.45. The third kappa shape index (κ3) is 1.80. The van der Waals surface area contributed by atoms with Crippen LogP contribution in [0.15, 0.2) is 30.3 Å². The predicted molar refractivity (Wildman–Crippen MR) is 81.4 cm³/mol. The standard InChI is InChI=1S/C15H19IO3/c1-14(2)15(9-18-11(15)8-17)13(19-14)12(16)10-6-4-3-5-7-10/h3-7,11-13,17H,8-9H2,1-2H3/t11-,12-,13-,15?/m0/s1. The van der Waals surface area contributed by atoms with Gasteiger partial charge in [0, 0.05) is 0 Å². The zero-order chi connectivity index (χ0) is 13.7. The van der Waals surface area contributed by atoms with Gasteiger partial charge in [-0.3, -0.25) is 0 Å². The van der Waals surface area contributed by atoms with E-state index in [0.29, 0.717) is 6.61 Å².